The van der Waals surface area contributed by atoms with Crippen LogP contribution in [0.2, 0.25) is 0 Å². The molecule has 34 heavy (non-hydrogen) atoms. The highest BCUT2D eigenvalue weighted by Crippen LogP contribution is 2.29. The van der Waals surface area contributed by atoms with Gasteiger partial charge in [-0.25, -0.2) is 13.1 Å². The van der Waals surface area contributed by atoms with Crippen LogP contribution in [-0.4, -0.2) is 34.6 Å². The van der Waals surface area contributed by atoms with Gasteiger partial charge in [-0.3, -0.25) is 4.79 Å². The SMILES string of the molecule is COc1cc(CCNC(=O)c2cc(S(=O)(=O)NCc3ccco3)ccc2C)ccc1OC(F)F. The third-order valence-corrected chi connectivity index (χ3v) is 6.32. The van der Waals surface area contributed by atoms with E-state index in [-0.39, 0.29) is 35.0 Å². The first-order valence-corrected chi connectivity index (χ1v) is 11.7. The van der Waals surface area contributed by atoms with Gasteiger partial charge in [0, 0.05) is 12.1 Å². The maximum atomic E-state index is 12.7. The standard InChI is InChI=1S/C23H24F2N2O6S/c1-15-5-7-18(34(29,30)27-14-17-4-3-11-32-17)13-19(15)22(28)26-10-9-16-6-8-20(33-23(24)25)21(12-16)31-2/h3-8,11-13,23,27H,9-10,14H2,1-2H3,(H,26,28). The number of hydrogen-bond donors (Lipinski definition) is 2. The van der Waals surface area contributed by atoms with Gasteiger partial charge in [0.05, 0.1) is 24.8 Å². The molecule has 1 heterocycles. The van der Waals surface area contributed by atoms with E-state index in [1.165, 1.54) is 31.6 Å². The van der Waals surface area contributed by atoms with Crippen molar-refractivity contribution in [2.75, 3.05) is 13.7 Å². The predicted molar refractivity (Wildman–Crippen MR) is 120 cm³/mol. The van der Waals surface area contributed by atoms with Crippen LogP contribution in [0.15, 0.2) is 64.1 Å². The molecule has 8 nitrogen and oxygen atoms in total. The van der Waals surface area contributed by atoms with E-state index in [0.717, 1.165) is 5.56 Å². The van der Waals surface area contributed by atoms with Crippen LogP contribution in [-0.2, 0) is 23.0 Å². The Balaban J connectivity index is 1.63. The molecular weight excluding hydrogens is 470 g/mol. The number of methoxy groups -OCH3 is 1. The van der Waals surface area contributed by atoms with Crippen molar-refractivity contribution in [1.82, 2.24) is 10.0 Å². The number of carbonyl (C=O) groups excluding carboxylic acids is 1. The van der Waals surface area contributed by atoms with Crippen molar-refractivity contribution in [2.45, 2.75) is 31.4 Å². The Bertz CT molecular complexity index is 1230. The van der Waals surface area contributed by atoms with E-state index in [4.69, 9.17) is 9.15 Å². The molecule has 1 aromatic heterocycles. The topological polar surface area (TPSA) is 107 Å². The van der Waals surface area contributed by atoms with Crippen LogP contribution >= 0.6 is 0 Å². The molecule has 3 rings (SSSR count). The van der Waals surface area contributed by atoms with Gasteiger partial charge in [0.25, 0.3) is 5.91 Å². The second-order valence-electron chi connectivity index (χ2n) is 7.25. The van der Waals surface area contributed by atoms with Crippen molar-refractivity contribution in [1.29, 1.82) is 0 Å². The van der Waals surface area contributed by atoms with E-state index >= 15 is 0 Å². The quantitative estimate of drug-likeness (QED) is 0.422. The van der Waals surface area contributed by atoms with Gasteiger partial charge < -0.3 is 19.2 Å². The summed E-state index contributed by atoms with van der Waals surface area (Å²) in [5.41, 5.74) is 1.56. The van der Waals surface area contributed by atoms with Crippen LogP contribution in [0.3, 0.4) is 0 Å². The summed E-state index contributed by atoms with van der Waals surface area (Å²) in [6, 6.07) is 12.1. The second-order valence-corrected chi connectivity index (χ2v) is 9.02. The predicted octanol–water partition coefficient (Wildman–Crippen LogP) is 3.65. The summed E-state index contributed by atoms with van der Waals surface area (Å²) in [7, 11) is -2.52. The number of sulfonamides is 1. The molecule has 0 unspecified atom stereocenters. The summed E-state index contributed by atoms with van der Waals surface area (Å²) in [5, 5.41) is 2.74. The molecule has 1 amide bonds. The average Bonchev–Trinajstić information content (AvgIpc) is 3.32. The molecule has 0 aliphatic carbocycles. The Morgan fingerprint density at radius 1 is 1.12 bits per heavy atom. The Morgan fingerprint density at radius 2 is 1.91 bits per heavy atom. The molecular formula is C23H24F2N2O6S. The second kappa shape index (κ2) is 11.1. The van der Waals surface area contributed by atoms with E-state index < -0.39 is 22.5 Å². The van der Waals surface area contributed by atoms with Gasteiger partial charge in [-0.1, -0.05) is 12.1 Å². The summed E-state index contributed by atoms with van der Waals surface area (Å²) in [6.07, 6.45) is 1.83. The van der Waals surface area contributed by atoms with E-state index in [0.29, 0.717) is 17.7 Å². The molecule has 0 bridgehead atoms. The number of benzene rings is 2. The minimum atomic E-state index is -3.86. The summed E-state index contributed by atoms with van der Waals surface area (Å²) in [4.78, 5) is 12.7. The molecule has 11 heteroatoms. The number of furan rings is 1. The number of halogens is 2. The fourth-order valence-electron chi connectivity index (χ4n) is 3.15. The first kappa shape index (κ1) is 25.2. The molecule has 0 atom stereocenters. The summed E-state index contributed by atoms with van der Waals surface area (Å²) in [6.45, 7) is -1.06. The van der Waals surface area contributed by atoms with Gasteiger partial charge in [0.1, 0.15) is 5.76 Å². The lowest BCUT2D eigenvalue weighted by molar-refractivity contribution is -0.0512. The number of nitrogens with one attached hydrogen (secondary N) is 2. The number of ether oxygens (including phenoxy) is 2. The van der Waals surface area contributed by atoms with Crippen molar-refractivity contribution in [3.63, 3.8) is 0 Å². The zero-order chi connectivity index (χ0) is 24.7. The fourth-order valence-corrected chi connectivity index (χ4v) is 4.17. The molecule has 0 radical (unpaired) electrons. The zero-order valence-corrected chi connectivity index (χ0v) is 19.3. The number of carbonyl (C=O) groups is 1. The van der Waals surface area contributed by atoms with E-state index in [1.54, 1.807) is 37.3 Å². The van der Waals surface area contributed by atoms with Gasteiger partial charge in [-0.2, -0.15) is 8.78 Å². The minimum Gasteiger partial charge on any atom is -0.493 e. The number of amides is 1. The lowest BCUT2D eigenvalue weighted by Crippen LogP contribution is -2.27. The monoisotopic (exact) mass is 494 g/mol. The van der Waals surface area contributed by atoms with Gasteiger partial charge >= 0.3 is 6.61 Å². The van der Waals surface area contributed by atoms with Crippen LogP contribution < -0.4 is 19.5 Å². The molecule has 0 spiro atoms. The van der Waals surface area contributed by atoms with Crippen LogP contribution in [0.4, 0.5) is 8.78 Å². The third-order valence-electron chi connectivity index (χ3n) is 4.92. The number of alkyl halides is 2. The molecule has 182 valence electrons. The number of aryl methyl sites for hydroxylation is 1. The smallest absolute Gasteiger partial charge is 0.387 e. The Morgan fingerprint density at radius 3 is 2.59 bits per heavy atom. The summed E-state index contributed by atoms with van der Waals surface area (Å²) >= 11 is 0. The largest absolute Gasteiger partial charge is 0.493 e. The molecule has 3 aromatic rings. The summed E-state index contributed by atoms with van der Waals surface area (Å²) in [5.74, 6) is 0.0869. The van der Waals surface area contributed by atoms with E-state index in [2.05, 4.69) is 14.8 Å². The molecule has 0 fully saturated rings. The fraction of sp³-hybridized carbons (Fsp3) is 0.261. The van der Waals surface area contributed by atoms with Gasteiger partial charge in [-0.15, -0.1) is 0 Å². The number of rotatable bonds is 11. The van der Waals surface area contributed by atoms with Crippen LogP contribution in [0.1, 0.15) is 27.2 Å². The first-order chi connectivity index (χ1) is 16.2. The summed E-state index contributed by atoms with van der Waals surface area (Å²) < 4.78 is 67.2. The highest BCUT2D eigenvalue weighted by molar-refractivity contribution is 7.89. The van der Waals surface area contributed by atoms with Gasteiger partial charge in [0.2, 0.25) is 10.0 Å². The van der Waals surface area contributed by atoms with Crippen molar-refractivity contribution in [3.8, 4) is 11.5 Å². The maximum Gasteiger partial charge on any atom is 0.387 e. The van der Waals surface area contributed by atoms with Crippen LogP contribution in [0.5, 0.6) is 11.5 Å². The molecule has 0 saturated heterocycles. The minimum absolute atomic E-state index is 0.0185. The normalized spacial score (nSPS) is 11.4. The van der Waals surface area contributed by atoms with E-state index in [1.807, 2.05) is 0 Å². The van der Waals surface area contributed by atoms with Crippen molar-refractivity contribution < 1.29 is 35.9 Å². The molecule has 2 N–H and O–H groups in total. The molecule has 0 aliphatic heterocycles. The lowest BCUT2D eigenvalue weighted by Gasteiger charge is -2.13. The zero-order valence-electron chi connectivity index (χ0n) is 18.5. The average molecular weight is 495 g/mol. The highest BCUT2D eigenvalue weighted by atomic mass is 32.2. The Kier molecular flexibility index (Phi) is 8.24. The van der Waals surface area contributed by atoms with Gasteiger partial charge in [-0.05, 0) is 60.9 Å². The van der Waals surface area contributed by atoms with Crippen LogP contribution in [0, 0.1) is 6.92 Å². The first-order valence-electron chi connectivity index (χ1n) is 10.2. The Labute approximate surface area is 195 Å². The van der Waals surface area contributed by atoms with E-state index in [9.17, 15) is 22.0 Å². The molecule has 2 aromatic carbocycles. The van der Waals surface area contributed by atoms with Crippen molar-refractivity contribution in [2.24, 2.45) is 0 Å². The van der Waals surface area contributed by atoms with Gasteiger partial charge in [0.15, 0.2) is 11.5 Å². The molecule has 0 saturated carbocycles. The molecule has 0 aliphatic rings. The maximum absolute atomic E-state index is 12.7. The third kappa shape index (κ3) is 6.55. The number of hydrogen-bond acceptors (Lipinski definition) is 6. The van der Waals surface area contributed by atoms with Crippen LogP contribution in [0.25, 0.3) is 0 Å². The highest BCUT2D eigenvalue weighted by Gasteiger charge is 2.18. The lowest BCUT2D eigenvalue weighted by atomic mass is 10.1. The van der Waals surface area contributed by atoms with Crippen molar-refractivity contribution in [3.05, 3.63) is 77.2 Å². The Hall–Kier alpha value is -3.44. The van der Waals surface area contributed by atoms with Crippen molar-refractivity contribution >= 4 is 15.9 Å².